The summed E-state index contributed by atoms with van der Waals surface area (Å²) in [7, 11) is 0. The van der Waals surface area contributed by atoms with Gasteiger partial charge in [-0.2, -0.15) is 0 Å². The lowest BCUT2D eigenvalue weighted by molar-refractivity contribution is 0.199. The van der Waals surface area contributed by atoms with Crippen LogP contribution in [0.25, 0.3) is 0 Å². The van der Waals surface area contributed by atoms with Gasteiger partial charge in [-0.05, 0) is 55.0 Å². The third kappa shape index (κ3) is 3.11. The highest BCUT2D eigenvalue weighted by molar-refractivity contribution is 5.35. The number of ether oxygens (including phenoxy) is 1. The van der Waals surface area contributed by atoms with Gasteiger partial charge in [0.05, 0.1) is 6.61 Å². The summed E-state index contributed by atoms with van der Waals surface area (Å²) in [6.07, 6.45) is 1.93. The van der Waals surface area contributed by atoms with Crippen LogP contribution in [0.15, 0.2) is 42.5 Å². The molecule has 110 valence electrons. The molecular weight excluding hydrogens is 258 g/mol. The van der Waals surface area contributed by atoms with E-state index in [1.54, 1.807) is 0 Å². The van der Waals surface area contributed by atoms with E-state index >= 15 is 0 Å². The molecule has 2 aromatic rings. The number of nitrogens with two attached hydrogens (primary N) is 1. The highest BCUT2D eigenvalue weighted by Gasteiger charge is 2.25. The second-order valence-electron chi connectivity index (χ2n) is 6.17. The zero-order valence-electron chi connectivity index (χ0n) is 12.8. The van der Waals surface area contributed by atoms with Gasteiger partial charge in [0.15, 0.2) is 0 Å². The van der Waals surface area contributed by atoms with E-state index in [0.717, 1.165) is 25.2 Å². The Morgan fingerprint density at radius 2 is 1.95 bits per heavy atom. The minimum Gasteiger partial charge on any atom is -0.493 e. The van der Waals surface area contributed by atoms with Gasteiger partial charge in [-0.3, -0.25) is 0 Å². The molecule has 0 radical (unpaired) electrons. The van der Waals surface area contributed by atoms with E-state index in [4.69, 9.17) is 10.5 Å². The fourth-order valence-electron chi connectivity index (χ4n) is 3.00. The second-order valence-corrected chi connectivity index (χ2v) is 6.17. The van der Waals surface area contributed by atoms with Crippen LogP contribution < -0.4 is 10.5 Å². The summed E-state index contributed by atoms with van der Waals surface area (Å²) in [5.74, 6) is 1.41. The molecule has 0 amide bonds. The fourth-order valence-corrected chi connectivity index (χ4v) is 3.00. The minimum atomic E-state index is 0.139. The quantitative estimate of drug-likeness (QED) is 0.935. The number of aryl methyl sites for hydroxylation is 2. The molecule has 0 aromatic heterocycles. The molecule has 2 nitrogen and oxygen atoms in total. The predicted octanol–water partition coefficient (Wildman–Crippen LogP) is 3.42. The Labute approximate surface area is 126 Å². The Morgan fingerprint density at radius 3 is 2.76 bits per heavy atom. The van der Waals surface area contributed by atoms with Crippen molar-refractivity contribution in [1.82, 2.24) is 0 Å². The third-order valence-electron chi connectivity index (χ3n) is 4.56. The van der Waals surface area contributed by atoms with E-state index < -0.39 is 0 Å². The zero-order valence-corrected chi connectivity index (χ0v) is 12.8. The van der Waals surface area contributed by atoms with Gasteiger partial charge >= 0.3 is 0 Å². The zero-order chi connectivity index (χ0) is 14.8. The number of hydrogen-bond donors (Lipinski definition) is 1. The molecular formula is C19H23NO. The smallest absolute Gasteiger partial charge is 0.122 e. The summed E-state index contributed by atoms with van der Waals surface area (Å²) in [5.41, 5.74) is 11.7. The molecule has 0 saturated heterocycles. The van der Waals surface area contributed by atoms with Crippen LogP contribution in [-0.2, 0) is 12.8 Å². The van der Waals surface area contributed by atoms with Crippen molar-refractivity contribution in [2.24, 2.45) is 11.7 Å². The molecule has 0 bridgehead atoms. The molecule has 2 aromatic carbocycles. The monoisotopic (exact) mass is 281 g/mol. The Bertz CT molecular complexity index is 635. The van der Waals surface area contributed by atoms with Gasteiger partial charge in [-0.1, -0.05) is 36.4 Å². The third-order valence-corrected chi connectivity index (χ3v) is 4.56. The van der Waals surface area contributed by atoms with E-state index in [1.165, 1.54) is 22.3 Å². The van der Waals surface area contributed by atoms with Crippen molar-refractivity contribution < 1.29 is 4.74 Å². The lowest BCUT2D eigenvalue weighted by Crippen LogP contribution is -2.39. The molecule has 2 heteroatoms. The Kier molecular flexibility index (Phi) is 3.98. The first-order valence-electron chi connectivity index (χ1n) is 7.66. The van der Waals surface area contributed by atoms with Crippen molar-refractivity contribution in [3.63, 3.8) is 0 Å². The maximum atomic E-state index is 6.45. The van der Waals surface area contributed by atoms with Crippen LogP contribution in [0, 0.1) is 19.8 Å². The first kappa shape index (κ1) is 14.2. The van der Waals surface area contributed by atoms with Crippen LogP contribution in [0.3, 0.4) is 0 Å². The first-order valence-corrected chi connectivity index (χ1v) is 7.66. The summed E-state index contributed by atoms with van der Waals surface area (Å²) in [4.78, 5) is 0. The van der Waals surface area contributed by atoms with E-state index in [1.807, 2.05) is 12.1 Å². The van der Waals surface area contributed by atoms with E-state index in [0.29, 0.717) is 5.92 Å². The molecule has 1 aliphatic rings. The van der Waals surface area contributed by atoms with Crippen molar-refractivity contribution in [2.75, 3.05) is 6.61 Å². The van der Waals surface area contributed by atoms with Crippen molar-refractivity contribution >= 4 is 0 Å². The predicted molar refractivity (Wildman–Crippen MR) is 86.7 cm³/mol. The molecule has 2 atom stereocenters. The number of hydrogen-bond acceptors (Lipinski definition) is 2. The van der Waals surface area contributed by atoms with Gasteiger partial charge in [-0.25, -0.2) is 0 Å². The SMILES string of the molecule is Cc1ccc(CC(N)C2COc3ccccc3C2)cc1C. The summed E-state index contributed by atoms with van der Waals surface area (Å²) < 4.78 is 5.86. The molecule has 3 rings (SSSR count). The topological polar surface area (TPSA) is 35.2 Å². The van der Waals surface area contributed by atoms with Crippen molar-refractivity contribution in [3.05, 3.63) is 64.7 Å². The van der Waals surface area contributed by atoms with E-state index in [2.05, 4.69) is 44.2 Å². The van der Waals surface area contributed by atoms with Crippen molar-refractivity contribution in [1.29, 1.82) is 0 Å². The van der Waals surface area contributed by atoms with Gasteiger partial charge < -0.3 is 10.5 Å². The lowest BCUT2D eigenvalue weighted by Gasteiger charge is -2.29. The standard InChI is InChI=1S/C19H23NO/c1-13-7-8-15(9-14(13)2)10-18(20)17-11-16-5-3-4-6-19(16)21-12-17/h3-9,17-18H,10-12,20H2,1-2H3. The molecule has 1 aliphatic heterocycles. The van der Waals surface area contributed by atoms with Crippen LogP contribution >= 0.6 is 0 Å². The Morgan fingerprint density at radius 1 is 1.14 bits per heavy atom. The van der Waals surface area contributed by atoms with Crippen LogP contribution in [-0.4, -0.2) is 12.6 Å². The molecule has 2 unspecified atom stereocenters. The number of fused-ring (bicyclic) bond motifs is 1. The van der Waals surface area contributed by atoms with Crippen molar-refractivity contribution in [2.45, 2.75) is 32.7 Å². The Balaban J connectivity index is 1.69. The van der Waals surface area contributed by atoms with Crippen molar-refractivity contribution in [3.8, 4) is 5.75 Å². The largest absolute Gasteiger partial charge is 0.493 e. The average Bonchev–Trinajstić information content (AvgIpc) is 2.50. The van der Waals surface area contributed by atoms with Crippen LogP contribution in [0.2, 0.25) is 0 Å². The molecule has 0 fully saturated rings. The molecule has 1 heterocycles. The molecule has 2 N–H and O–H groups in total. The summed E-state index contributed by atoms with van der Waals surface area (Å²) in [5, 5.41) is 0. The molecule has 0 saturated carbocycles. The molecule has 0 spiro atoms. The van der Waals surface area contributed by atoms with Crippen LogP contribution in [0.5, 0.6) is 5.75 Å². The Hall–Kier alpha value is -1.80. The lowest BCUT2D eigenvalue weighted by atomic mass is 9.87. The number of rotatable bonds is 3. The first-order chi connectivity index (χ1) is 10.1. The van der Waals surface area contributed by atoms with Crippen LogP contribution in [0.1, 0.15) is 22.3 Å². The van der Waals surface area contributed by atoms with Gasteiger partial charge in [0.1, 0.15) is 5.75 Å². The number of benzene rings is 2. The van der Waals surface area contributed by atoms with Gasteiger partial charge in [0.25, 0.3) is 0 Å². The summed E-state index contributed by atoms with van der Waals surface area (Å²) in [6, 6.07) is 15.1. The molecule has 0 aliphatic carbocycles. The van der Waals surface area contributed by atoms with E-state index in [-0.39, 0.29) is 6.04 Å². The highest BCUT2D eigenvalue weighted by Crippen LogP contribution is 2.28. The minimum absolute atomic E-state index is 0.139. The second kappa shape index (κ2) is 5.90. The van der Waals surface area contributed by atoms with E-state index in [9.17, 15) is 0 Å². The highest BCUT2D eigenvalue weighted by atomic mass is 16.5. The normalized spacial score (nSPS) is 18.7. The summed E-state index contributed by atoms with van der Waals surface area (Å²) >= 11 is 0. The van der Waals surface area contributed by atoms with Gasteiger partial charge in [-0.15, -0.1) is 0 Å². The molecule has 21 heavy (non-hydrogen) atoms. The van der Waals surface area contributed by atoms with Gasteiger partial charge in [0, 0.05) is 12.0 Å². The average molecular weight is 281 g/mol. The summed E-state index contributed by atoms with van der Waals surface area (Å²) in [6.45, 7) is 5.03. The fraction of sp³-hybridized carbons (Fsp3) is 0.368. The van der Waals surface area contributed by atoms with Gasteiger partial charge in [0.2, 0.25) is 0 Å². The maximum absolute atomic E-state index is 6.45. The van der Waals surface area contributed by atoms with Crippen LogP contribution in [0.4, 0.5) is 0 Å². The number of para-hydroxylation sites is 1. The maximum Gasteiger partial charge on any atom is 0.122 e.